The number of hydrogen-bond donors (Lipinski definition) is 1. The summed E-state index contributed by atoms with van der Waals surface area (Å²) >= 11 is 5.86. The molecule has 1 aliphatic rings. The van der Waals surface area contributed by atoms with Gasteiger partial charge in [0.1, 0.15) is 0 Å². The van der Waals surface area contributed by atoms with E-state index in [1.807, 2.05) is 23.1 Å². The molecular formula is C13H15ClN4. The van der Waals surface area contributed by atoms with E-state index in [9.17, 15) is 0 Å². The Morgan fingerprint density at radius 1 is 1.44 bits per heavy atom. The number of nitrogens with zero attached hydrogens (tertiary/aromatic N) is 3. The predicted octanol–water partition coefficient (Wildman–Crippen LogP) is 2.23. The smallest absolute Gasteiger partial charge is 0.0835 e. The molecule has 1 aliphatic carbocycles. The summed E-state index contributed by atoms with van der Waals surface area (Å²) in [7, 11) is 0. The molecule has 18 heavy (non-hydrogen) atoms. The van der Waals surface area contributed by atoms with Crippen molar-refractivity contribution in [1.82, 2.24) is 20.1 Å². The molecule has 4 nitrogen and oxygen atoms in total. The van der Waals surface area contributed by atoms with E-state index in [1.165, 1.54) is 18.4 Å². The van der Waals surface area contributed by atoms with Gasteiger partial charge in [0.05, 0.1) is 23.5 Å². The van der Waals surface area contributed by atoms with Gasteiger partial charge in [-0.15, -0.1) is 0 Å². The SMILES string of the molecule is Clc1cnn(Cc2ncccc2CNC2CC2)c1. The summed E-state index contributed by atoms with van der Waals surface area (Å²) in [5.74, 6) is 0. The van der Waals surface area contributed by atoms with Crippen LogP contribution in [-0.4, -0.2) is 20.8 Å². The fourth-order valence-corrected chi connectivity index (χ4v) is 2.05. The van der Waals surface area contributed by atoms with Gasteiger partial charge in [-0.2, -0.15) is 5.10 Å². The first-order chi connectivity index (χ1) is 8.81. The Kier molecular flexibility index (Phi) is 3.30. The van der Waals surface area contributed by atoms with Crippen LogP contribution in [0.25, 0.3) is 0 Å². The molecule has 0 saturated heterocycles. The van der Waals surface area contributed by atoms with Crippen molar-refractivity contribution in [1.29, 1.82) is 0 Å². The quantitative estimate of drug-likeness (QED) is 0.899. The van der Waals surface area contributed by atoms with Crippen molar-refractivity contribution >= 4 is 11.6 Å². The van der Waals surface area contributed by atoms with Gasteiger partial charge in [-0.1, -0.05) is 17.7 Å². The monoisotopic (exact) mass is 262 g/mol. The Hall–Kier alpha value is -1.39. The van der Waals surface area contributed by atoms with Crippen molar-refractivity contribution in [3.63, 3.8) is 0 Å². The molecule has 0 aliphatic heterocycles. The molecule has 3 rings (SSSR count). The molecule has 1 N–H and O–H groups in total. The van der Waals surface area contributed by atoms with Crippen LogP contribution >= 0.6 is 11.6 Å². The molecule has 2 aromatic heterocycles. The second-order valence-electron chi connectivity index (χ2n) is 4.62. The summed E-state index contributed by atoms with van der Waals surface area (Å²) in [5, 5.41) is 8.35. The van der Waals surface area contributed by atoms with Gasteiger partial charge in [-0.25, -0.2) is 0 Å². The number of rotatable bonds is 5. The lowest BCUT2D eigenvalue weighted by molar-refractivity contribution is 0.641. The van der Waals surface area contributed by atoms with Gasteiger partial charge in [0.15, 0.2) is 0 Å². The predicted molar refractivity (Wildman–Crippen MR) is 70.4 cm³/mol. The summed E-state index contributed by atoms with van der Waals surface area (Å²) in [6, 6.07) is 4.80. The van der Waals surface area contributed by atoms with Crippen molar-refractivity contribution in [3.05, 3.63) is 47.0 Å². The highest BCUT2D eigenvalue weighted by molar-refractivity contribution is 6.30. The minimum Gasteiger partial charge on any atom is -0.310 e. The molecule has 0 radical (unpaired) electrons. The average molecular weight is 263 g/mol. The van der Waals surface area contributed by atoms with E-state index < -0.39 is 0 Å². The van der Waals surface area contributed by atoms with E-state index in [-0.39, 0.29) is 0 Å². The van der Waals surface area contributed by atoms with Crippen LogP contribution in [0.1, 0.15) is 24.1 Å². The van der Waals surface area contributed by atoms with Gasteiger partial charge in [0.25, 0.3) is 0 Å². The summed E-state index contributed by atoms with van der Waals surface area (Å²) < 4.78 is 1.81. The van der Waals surface area contributed by atoms with Crippen LogP contribution in [-0.2, 0) is 13.1 Å². The summed E-state index contributed by atoms with van der Waals surface area (Å²) in [6.07, 6.45) is 7.87. The maximum Gasteiger partial charge on any atom is 0.0835 e. The zero-order chi connectivity index (χ0) is 12.4. The maximum absolute atomic E-state index is 5.86. The Morgan fingerprint density at radius 3 is 3.06 bits per heavy atom. The van der Waals surface area contributed by atoms with Crippen LogP contribution in [0.5, 0.6) is 0 Å². The fourth-order valence-electron chi connectivity index (χ4n) is 1.89. The largest absolute Gasteiger partial charge is 0.310 e. The maximum atomic E-state index is 5.86. The van der Waals surface area contributed by atoms with E-state index >= 15 is 0 Å². The van der Waals surface area contributed by atoms with Crippen LogP contribution in [0.3, 0.4) is 0 Å². The molecule has 2 heterocycles. The van der Waals surface area contributed by atoms with Gasteiger partial charge < -0.3 is 5.32 Å². The lowest BCUT2D eigenvalue weighted by Gasteiger charge is -2.09. The topological polar surface area (TPSA) is 42.7 Å². The number of pyridine rings is 1. The second-order valence-corrected chi connectivity index (χ2v) is 5.06. The van der Waals surface area contributed by atoms with Crippen LogP contribution < -0.4 is 5.32 Å². The zero-order valence-corrected chi connectivity index (χ0v) is 10.8. The average Bonchev–Trinajstić information content (AvgIpc) is 3.12. The third kappa shape index (κ3) is 2.89. The normalized spacial score (nSPS) is 14.9. The first-order valence-corrected chi connectivity index (χ1v) is 6.53. The molecule has 5 heteroatoms. The summed E-state index contributed by atoms with van der Waals surface area (Å²) in [5.41, 5.74) is 2.28. The molecule has 2 aromatic rings. The van der Waals surface area contributed by atoms with Gasteiger partial charge in [-0.05, 0) is 24.5 Å². The fraction of sp³-hybridized carbons (Fsp3) is 0.385. The van der Waals surface area contributed by atoms with Crippen LogP contribution in [0.15, 0.2) is 30.7 Å². The molecule has 1 saturated carbocycles. The Balaban J connectivity index is 1.73. The van der Waals surface area contributed by atoms with Gasteiger partial charge >= 0.3 is 0 Å². The molecular weight excluding hydrogens is 248 g/mol. The molecule has 94 valence electrons. The number of aromatic nitrogens is 3. The van der Waals surface area contributed by atoms with Gasteiger partial charge in [0.2, 0.25) is 0 Å². The summed E-state index contributed by atoms with van der Waals surface area (Å²) in [4.78, 5) is 4.44. The van der Waals surface area contributed by atoms with Crippen molar-refractivity contribution in [2.75, 3.05) is 0 Å². The molecule has 0 atom stereocenters. The molecule has 0 spiro atoms. The standard InChI is InChI=1S/C13H15ClN4/c14-11-7-17-18(8-11)9-13-10(2-1-5-15-13)6-16-12-3-4-12/h1-2,5,7-8,12,16H,3-4,6,9H2. The molecule has 1 fully saturated rings. The van der Waals surface area contributed by atoms with Crippen LogP contribution in [0, 0.1) is 0 Å². The van der Waals surface area contributed by atoms with Crippen molar-refractivity contribution in [3.8, 4) is 0 Å². The van der Waals surface area contributed by atoms with Crippen molar-refractivity contribution < 1.29 is 0 Å². The van der Waals surface area contributed by atoms with Crippen LogP contribution in [0.4, 0.5) is 0 Å². The third-order valence-electron chi connectivity index (χ3n) is 3.06. The van der Waals surface area contributed by atoms with Crippen LogP contribution in [0.2, 0.25) is 5.02 Å². The van der Waals surface area contributed by atoms with E-state index in [0.29, 0.717) is 17.6 Å². The minimum atomic E-state index is 0.656. The first kappa shape index (κ1) is 11.7. The highest BCUT2D eigenvalue weighted by Gasteiger charge is 2.20. The second kappa shape index (κ2) is 5.08. The molecule has 0 aromatic carbocycles. The van der Waals surface area contributed by atoms with E-state index in [0.717, 1.165) is 12.2 Å². The molecule has 0 unspecified atom stereocenters. The number of hydrogen-bond acceptors (Lipinski definition) is 3. The highest BCUT2D eigenvalue weighted by Crippen LogP contribution is 2.20. The van der Waals surface area contributed by atoms with Gasteiger partial charge in [0, 0.05) is 25.0 Å². The molecule has 0 amide bonds. The van der Waals surface area contributed by atoms with E-state index in [2.05, 4.69) is 21.5 Å². The first-order valence-electron chi connectivity index (χ1n) is 6.15. The lowest BCUT2D eigenvalue weighted by Crippen LogP contribution is -2.17. The highest BCUT2D eigenvalue weighted by atomic mass is 35.5. The van der Waals surface area contributed by atoms with Gasteiger partial charge in [-0.3, -0.25) is 9.67 Å². The summed E-state index contributed by atoms with van der Waals surface area (Å²) in [6.45, 7) is 1.54. The third-order valence-corrected chi connectivity index (χ3v) is 3.25. The number of nitrogens with one attached hydrogen (secondary N) is 1. The zero-order valence-electron chi connectivity index (χ0n) is 10.0. The Bertz CT molecular complexity index is 533. The minimum absolute atomic E-state index is 0.656. The van der Waals surface area contributed by atoms with E-state index in [1.54, 1.807) is 6.20 Å². The Labute approximate surface area is 111 Å². The van der Waals surface area contributed by atoms with Crippen molar-refractivity contribution in [2.45, 2.75) is 32.0 Å². The number of halogens is 1. The molecule has 0 bridgehead atoms. The van der Waals surface area contributed by atoms with E-state index in [4.69, 9.17) is 11.6 Å². The lowest BCUT2D eigenvalue weighted by atomic mass is 10.2. The Morgan fingerprint density at radius 2 is 2.33 bits per heavy atom. The van der Waals surface area contributed by atoms with Crippen molar-refractivity contribution in [2.24, 2.45) is 0 Å².